The van der Waals surface area contributed by atoms with Crippen molar-refractivity contribution in [2.45, 2.75) is 23.8 Å². The number of nitrogens with zero attached hydrogens (tertiary/aromatic N) is 1. The van der Waals surface area contributed by atoms with E-state index in [9.17, 15) is 18.0 Å². The Labute approximate surface area is 226 Å². The monoisotopic (exact) mass is 557 g/mol. The van der Waals surface area contributed by atoms with Gasteiger partial charge in [0, 0.05) is 18.2 Å². The van der Waals surface area contributed by atoms with E-state index in [1.165, 1.54) is 37.4 Å². The first-order valence-corrected chi connectivity index (χ1v) is 13.8. The van der Waals surface area contributed by atoms with Crippen LogP contribution in [-0.4, -0.2) is 53.1 Å². The maximum Gasteiger partial charge on any atom is 0.264 e. The lowest BCUT2D eigenvalue weighted by Gasteiger charge is -2.24. The van der Waals surface area contributed by atoms with Gasteiger partial charge in [-0.05, 0) is 67.4 Å². The van der Waals surface area contributed by atoms with Crippen LogP contribution in [0.1, 0.15) is 23.2 Å². The molecule has 1 fully saturated rings. The molecular weight excluding hydrogens is 530 g/mol. The number of benzene rings is 3. The van der Waals surface area contributed by atoms with Gasteiger partial charge in [0.05, 0.1) is 35.0 Å². The van der Waals surface area contributed by atoms with Crippen LogP contribution in [-0.2, 0) is 19.6 Å². The molecule has 3 aromatic rings. The van der Waals surface area contributed by atoms with Crippen LogP contribution in [0.3, 0.4) is 0 Å². The molecule has 0 saturated carbocycles. The third-order valence-corrected chi connectivity index (χ3v) is 8.01. The second-order valence-corrected chi connectivity index (χ2v) is 10.9. The van der Waals surface area contributed by atoms with Crippen molar-refractivity contribution in [1.82, 2.24) is 5.32 Å². The molecular formula is C27H28ClN3O6S. The zero-order valence-electron chi connectivity index (χ0n) is 20.7. The van der Waals surface area contributed by atoms with E-state index in [1.807, 2.05) is 0 Å². The number of anilines is 2. The molecule has 0 radical (unpaired) electrons. The highest BCUT2D eigenvalue weighted by atomic mass is 35.5. The smallest absolute Gasteiger partial charge is 0.264 e. The average Bonchev–Trinajstić information content (AvgIpc) is 3.44. The number of amides is 2. The fourth-order valence-electron chi connectivity index (χ4n) is 4.04. The number of carbonyl (C=O) groups excluding carboxylic acids is 2. The zero-order chi connectivity index (χ0) is 27.1. The quantitative estimate of drug-likeness (QED) is 0.388. The van der Waals surface area contributed by atoms with Crippen molar-refractivity contribution in [3.63, 3.8) is 0 Å². The van der Waals surface area contributed by atoms with Gasteiger partial charge >= 0.3 is 0 Å². The van der Waals surface area contributed by atoms with Crippen molar-refractivity contribution in [2.75, 3.05) is 36.4 Å². The van der Waals surface area contributed by atoms with Crippen LogP contribution in [0, 0.1) is 0 Å². The van der Waals surface area contributed by atoms with E-state index in [1.54, 1.807) is 42.5 Å². The summed E-state index contributed by atoms with van der Waals surface area (Å²) in [6.45, 7) is 0.486. The Morgan fingerprint density at radius 3 is 2.53 bits per heavy atom. The number of ether oxygens (including phenoxy) is 2. The summed E-state index contributed by atoms with van der Waals surface area (Å²) in [6, 6.07) is 18.6. The molecule has 2 amide bonds. The number of para-hydroxylation sites is 1. The molecule has 0 aliphatic carbocycles. The lowest BCUT2D eigenvalue weighted by atomic mass is 10.1. The Balaban J connectivity index is 1.56. The van der Waals surface area contributed by atoms with Crippen molar-refractivity contribution >= 4 is 44.8 Å². The molecule has 200 valence electrons. The number of rotatable bonds is 10. The normalized spacial score (nSPS) is 15.1. The highest BCUT2D eigenvalue weighted by Gasteiger charge is 2.28. The molecule has 1 atom stereocenters. The van der Waals surface area contributed by atoms with E-state index in [4.69, 9.17) is 21.1 Å². The third-order valence-electron chi connectivity index (χ3n) is 5.99. The molecule has 0 unspecified atom stereocenters. The standard InChI is InChI=1S/C27H28ClN3O6S/c1-36-21-11-13-23(14-12-21)38(34,35)31(20-7-4-6-19(28)16-20)18-26(32)30-25-10-3-2-9-24(25)27(33)29-17-22-8-5-15-37-22/h2-4,6-7,9-14,16,22H,5,8,15,17-18H2,1H3,(H,29,33)(H,30,32)/t22-/m0/s1. The van der Waals surface area contributed by atoms with Gasteiger partial charge < -0.3 is 20.1 Å². The third kappa shape index (κ3) is 6.63. The van der Waals surface area contributed by atoms with Gasteiger partial charge in [-0.25, -0.2) is 8.42 Å². The minimum absolute atomic E-state index is 0.0278. The van der Waals surface area contributed by atoms with E-state index in [-0.39, 0.29) is 33.8 Å². The molecule has 9 nitrogen and oxygen atoms in total. The number of carbonyl (C=O) groups is 2. The van der Waals surface area contributed by atoms with E-state index < -0.39 is 22.5 Å². The van der Waals surface area contributed by atoms with Crippen molar-refractivity contribution in [3.05, 3.63) is 83.4 Å². The fourth-order valence-corrected chi connectivity index (χ4v) is 5.64. The number of methoxy groups -OCH3 is 1. The van der Waals surface area contributed by atoms with Crippen LogP contribution in [0.25, 0.3) is 0 Å². The van der Waals surface area contributed by atoms with Crippen LogP contribution in [0.5, 0.6) is 5.75 Å². The van der Waals surface area contributed by atoms with Crippen molar-refractivity contribution in [2.24, 2.45) is 0 Å². The fraction of sp³-hybridized carbons (Fsp3) is 0.259. The first-order valence-electron chi connectivity index (χ1n) is 12.0. The molecule has 11 heteroatoms. The Morgan fingerprint density at radius 2 is 1.84 bits per heavy atom. The summed E-state index contributed by atoms with van der Waals surface area (Å²) in [5.74, 6) is -0.513. The van der Waals surface area contributed by atoms with Gasteiger partial charge in [-0.15, -0.1) is 0 Å². The summed E-state index contributed by atoms with van der Waals surface area (Å²) >= 11 is 6.13. The predicted octanol–water partition coefficient (Wildman–Crippen LogP) is 4.09. The molecule has 0 spiro atoms. The van der Waals surface area contributed by atoms with Crippen molar-refractivity contribution in [3.8, 4) is 5.75 Å². The second kappa shape index (κ2) is 12.3. The molecule has 1 saturated heterocycles. The highest BCUT2D eigenvalue weighted by Crippen LogP contribution is 2.27. The van der Waals surface area contributed by atoms with E-state index >= 15 is 0 Å². The number of hydrogen-bond donors (Lipinski definition) is 2. The van der Waals surface area contributed by atoms with Gasteiger partial charge in [-0.2, -0.15) is 0 Å². The molecule has 2 N–H and O–H groups in total. The second-order valence-electron chi connectivity index (χ2n) is 8.61. The number of hydrogen-bond acceptors (Lipinski definition) is 6. The summed E-state index contributed by atoms with van der Waals surface area (Å²) in [6.07, 6.45) is 1.80. The van der Waals surface area contributed by atoms with Gasteiger partial charge in [0.1, 0.15) is 12.3 Å². The average molecular weight is 558 g/mol. The lowest BCUT2D eigenvalue weighted by molar-refractivity contribution is -0.114. The molecule has 4 rings (SSSR count). The summed E-state index contributed by atoms with van der Waals surface area (Å²) in [5.41, 5.74) is 0.729. The van der Waals surface area contributed by atoms with Crippen molar-refractivity contribution in [1.29, 1.82) is 0 Å². The zero-order valence-corrected chi connectivity index (χ0v) is 22.3. The number of nitrogens with one attached hydrogen (secondary N) is 2. The SMILES string of the molecule is COc1ccc(S(=O)(=O)N(CC(=O)Nc2ccccc2C(=O)NC[C@@H]2CCCO2)c2cccc(Cl)c2)cc1. The van der Waals surface area contributed by atoms with Crippen LogP contribution in [0.4, 0.5) is 11.4 Å². The lowest BCUT2D eigenvalue weighted by Crippen LogP contribution is -2.38. The number of sulfonamides is 1. The van der Waals surface area contributed by atoms with Crippen LogP contribution in [0.15, 0.2) is 77.7 Å². The molecule has 38 heavy (non-hydrogen) atoms. The Bertz CT molecular complexity index is 1390. The Hall–Kier alpha value is -3.60. The molecule has 1 aliphatic rings. The van der Waals surface area contributed by atoms with Crippen LogP contribution in [0.2, 0.25) is 5.02 Å². The van der Waals surface area contributed by atoms with Crippen molar-refractivity contribution < 1.29 is 27.5 Å². The maximum atomic E-state index is 13.6. The summed E-state index contributed by atoms with van der Waals surface area (Å²) in [4.78, 5) is 26.0. The summed E-state index contributed by atoms with van der Waals surface area (Å²) in [5, 5.41) is 5.83. The summed E-state index contributed by atoms with van der Waals surface area (Å²) in [7, 11) is -2.68. The highest BCUT2D eigenvalue weighted by molar-refractivity contribution is 7.92. The van der Waals surface area contributed by atoms with Gasteiger partial charge in [-0.1, -0.05) is 29.8 Å². The number of halogens is 1. The van der Waals surface area contributed by atoms with Gasteiger partial charge in [0.15, 0.2) is 0 Å². The molecule has 1 heterocycles. The van der Waals surface area contributed by atoms with Crippen LogP contribution >= 0.6 is 11.6 Å². The van der Waals surface area contributed by atoms with Gasteiger partial charge in [-0.3, -0.25) is 13.9 Å². The minimum atomic E-state index is -4.16. The molecule has 1 aliphatic heterocycles. The topological polar surface area (TPSA) is 114 Å². The van der Waals surface area contributed by atoms with E-state index in [0.717, 1.165) is 17.1 Å². The van der Waals surface area contributed by atoms with Gasteiger partial charge in [0.25, 0.3) is 15.9 Å². The summed E-state index contributed by atoms with van der Waals surface area (Å²) < 4.78 is 38.8. The largest absolute Gasteiger partial charge is 0.497 e. The van der Waals surface area contributed by atoms with E-state index in [0.29, 0.717) is 23.9 Å². The maximum absolute atomic E-state index is 13.6. The first kappa shape index (κ1) is 27.4. The Kier molecular flexibility index (Phi) is 8.88. The molecule has 3 aromatic carbocycles. The van der Waals surface area contributed by atoms with E-state index in [2.05, 4.69) is 10.6 Å². The predicted molar refractivity (Wildman–Crippen MR) is 145 cm³/mol. The first-order chi connectivity index (χ1) is 18.3. The molecule has 0 bridgehead atoms. The molecule has 0 aromatic heterocycles. The van der Waals surface area contributed by atoms with Crippen LogP contribution < -0.4 is 19.7 Å². The Morgan fingerprint density at radius 1 is 1.08 bits per heavy atom. The minimum Gasteiger partial charge on any atom is -0.497 e. The van der Waals surface area contributed by atoms with Gasteiger partial charge in [0.2, 0.25) is 5.91 Å².